The summed E-state index contributed by atoms with van der Waals surface area (Å²) >= 11 is 1.78. The number of nitrogens with zero attached hydrogens (tertiary/aromatic N) is 3. The van der Waals surface area contributed by atoms with Gasteiger partial charge in [-0.3, -0.25) is 9.69 Å². The predicted molar refractivity (Wildman–Crippen MR) is 136 cm³/mol. The van der Waals surface area contributed by atoms with Gasteiger partial charge in [-0.1, -0.05) is 48.5 Å². The lowest BCUT2D eigenvalue weighted by atomic mass is 10.0. The number of benzene rings is 3. The van der Waals surface area contributed by atoms with Gasteiger partial charge in [0.15, 0.2) is 0 Å². The number of aromatic nitrogens is 1. The zero-order valence-corrected chi connectivity index (χ0v) is 20.1. The van der Waals surface area contributed by atoms with Crippen molar-refractivity contribution in [2.45, 2.75) is 43.0 Å². The summed E-state index contributed by atoms with van der Waals surface area (Å²) in [6.07, 6.45) is 1.48. The van der Waals surface area contributed by atoms with Crippen molar-refractivity contribution in [1.29, 1.82) is 0 Å². The molecule has 4 aromatic rings. The van der Waals surface area contributed by atoms with Crippen molar-refractivity contribution in [3.8, 4) is 5.69 Å². The van der Waals surface area contributed by atoms with Gasteiger partial charge in [0.1, 0.15) is 0 Å². The molecule has 2 aliphatic rings. The van der Waals surface area contributed by atoms with E-state index in [2.05, 4.69) is 78.0 Å². The Hall–Kier alpha value is -3.02. The van der Waals surface area contributed by atoms with Gasteiger partial charge in [-0.2, -0.15) is 0 Å². The second-order valence-corrected chi connectivity index (χ2v) is 10.1. The number of carbonyl (C=O) groups is 1. The van der Waals surface area contributed by atoms with Gasteiger partial charge in [0.25, 0.3) is 0 Å². The monoisotopic (exact) mass is 453 g/mol. The Kier molecular flexibility index (Phi) is 4.86. The third-order valence-corrected chi connectivity index (χ3v) is 8.01. The Balaban J connectivity index is 1.64. The van der Waals surface area contributed by atoms with Crippen molar-refractivity contribution in [3.05, 3.63) is 77.5 Å². The zero-order chi connectivity index (χ0) is 22.7. The Morgan fingerprint density at radius 2 is 1.79 bits per heavy atom. The summed E-state index contributed by atoms with van der Waals surface area (Å²) in [4.78, 5) is 19.7. The van der Waals surface area contributed by atoms with Crippen LogP contribution in [0.25, 0.3) is 16.6 Å². The number of carbonyl (C=O) groups excluding carboxylic acids is 1. The van der Waals surface area contributed by atoms with Gasteiger partial charge >= 0.3 is 0 Å². The molecule has 33 heavy (non-hydrogen) atoms. The Labute approximate surface area is 198 Å². The van der Waals surface area contributed by atoms with Crippen LogP contribution >= 0.6 is 11.8 Å². The molecule has 3 aromatic carbocycles. The fourth-order valence-electron chi connectivity index (χ4n) is 5.25. The van der Waals surface area contributed by atoms with E-state index in [4.69, 9.17) is 0 Å². The summed E-state index contributed by atoms with van der Waals surface area (Å²) in [5.74, 6) is 0.123. The van der Waals surface area contributed by atoms with Crippen molar-refractivity contribution in [1.82, 2.24) is 9.47 Å². The van der Waals surface area contributed by atoms with E-state index in [1.165, 1.54) is 33.4 Å². The third-order valence-electron chi connectivity index (χ3n) is 6.82. The lowest BCUT2D eigenvalue weighted by Gasteiger charge is -2.33. The number of fused-ring (bicyclic) bond motifs is 5. The highest BCUT2D eigenvalue weighted by Gasteiger charge is 2.31. The van der Waals surface area contributed by atoms with E-state index in [0.717, 1.165) is 40.7 Å². The molecular formula is C28H27N3OS. The van der Waals surface area contributed by atoms with Crippen LogP contribution in [-0.2, 0) is 17.8 Å². The molecule has 4 nitrogen and oxygen atoms in total. The van der Waals surface area contributed by atoms with Gasteiger partial charge < -0.3 is 9.47 Å². The van der Waals surface area contributed by atoms with Gasteiger partial charge in [0.2, 0.25) is 5.91 Å². The minimum Gasteiger partial charge on any atom is -0.312 e. The molecule has 0 N–H and O–H groups in total. The summed E-state index contributed by atoms with van der Waals surface area (Å²) in [6.45, 7) is 6.12. The van der Waals surface area contributed by atoms with Crippen molar-refractivity contribution < 1.29 is 4.79 Å². The Bertz CT molecular complexity index is 1420. The maximum atomic E-state index is 13.1. The zero-order valence-electron chi connectivity index (χ0n) is 19.3. The standard InChI is InChI=1S/C28H27N3OS/c1-4-27(32)31-23-8-5-6-11-26(23)33-28-24(9-7-10-25(28)31)30-21-13-12-18(2)16-19(21)20-17-29(3)15-14-22(20)30/h5-13,16H,4,14-15,17H2,1-3H3. The van der Waals surface area contributed by atoms with Crippen LogP contribution in [0.15, 0.2) is 70.5 Å². The second-order valence-electron chi connectivity index (χ2n) is 9.05. The number of hydrogen-bond acceptors (Lipinski definition) is 3. The van der Waals surface area contributed by atoms with Crippen molar-refractivity contribution in [2.24, 2.45) is 0 Å². The first-order valence-corrected chi connectivity index (χ1v) is 12.4. The molecule has 3 heterocycles. The average molecular weight is 454 g/mol. The molecule has 0 unspecified atom stereocenters. The van der Waals surface area contributed by atoms with E-state index in [0.29, 0.717) is 6.42 Å². The number of hydrogen-bond donors (Lipinski definition) is 0. The summed E-state index contributed by atoms with van der Waals surface area (Å²) in [7, 11) is 2.20. The number of amides is 1. The lowest BCUT2D eigenvalue weighted by Crippen LogP contribution is -2.28. The highest BCUT2D eigenvalue weighted by atomic mass is 32.2. The second kappa shape index (κ2) is 7.79. The maximum Gasteiger partial charge on any atom is 0.231 e. The molecule has 1 aromatic heterocycles. The Morgan fingerprint density at radius 1 is 1.00 bits per heavy atom. The van der Waals surface area contributed by atoms with E-state index < -0.39 is 0 Å². The van der Waals surface area contributed by atoms with Crippen LogP contribution in [0.1, 0.15) is 30.2 Å². The summed E-state index contributed by atoms with van der Waals surface area (Å²) in [5.41, 5.74) is 8.50. The number of likely N-dealkylation sites (N-methyl/N-ethyl adjacent to an activating group) is 1. The quantitative estimate of drug-likeness (QED) is 0.348. The predicted octanol–water partition coefficient (Wildman–Crippen LogP) is 6.47. The maximum absolute atomic E-state index is 13.1. The molecule has 0 aliphatic carbocycles. The smallest absolute Gasteiger partial charge is 0.231 e. The Morgan fingerprint density at radius 3 is 2.64 bits per heavy atom. The van der Waals surface area contributed by atoms with Crippen LogP contribution < -0.4 is 4.90 Å². The van der Waals surface area contributed by atoms with Gasteiger partial charge in [-0.05, 0) is 55.9 Å². The fourth-order valence-corrected chi connectivity index (χ4v) is 6.41. The molecule has 0 spiro atoms. The van der Waals surface area contributed by atoms with Crippen LogP contribution in [0, 0.1) is 6.92 Å². The molecule has 2 aliphatic heterocycles. The SMILES string of the molecule is CCC(=O)N1c2ccccc2Sc2c1cccc2-n1c2c(c3cc(C)ccc31)CN(C)CC2. The fraction of sp³-hybridized carbons (Fsp3) is 0.250. The normalized spacial score (nSPS) is 15.3. The molecule has 0 radical (unpaired) electrons. The molecule has 0 saturated carbocycles. The van der Waals surface area contributed by atoms with Crippen LogP contribution in [0.5, 0.6) is 0 Å². The van der Waals surface area contributed by atoms with E-state index in [1.54, 1.807) is 11.8 Å². The van der Waals surface area contributed by atoms with Gasteiger partial charge in [-0.15, -0.1) is 0 Å². The summed E-state index contributed by atoms with van der Waals surface area (Å²) < 4.78 is 2.46. The van der Waals surface area contributed by atoms with Crippen LogP contribution in [-0.4, -0.2) is 29.0 Å². The highest BCUT2D eigenvalue weighted by Crippen LogP contribution is 2.51. The highest BCUT2D eigenvalue weighted by molar-refractivity contribution is 8.00. The largest absolute Gasteiger partial charge is 0.312 e. The molecule has 0 bridgehead atoms. The first-order chi connectivity index (χ1) is 16.1. The van der Waals surface area contributed by atoms with Crippen LogP contribution in [0.2, 0.25) is 0 Å². The average Bonchev–Trinajstić information content (AvgIpc) is 3.14. The molecule has 0 saturated heterocycles. The van der Waals surface area contributed by atoms with E-state index in [-0.39, 0.29) is 5.91 Å². The topological polar surface area (TPSA) is 28.5 Å². The first kappa shape index (κ1) is 20.6. The first-order valence-electron chi connectivity index (χ1n) is 11.6. The molecule has 5 heteroatoms. The molecule has 166 valence electrons. The van der Waals surface area contributed by atoms with Gasteiger partial charge in [0.05, 0.1) is 27.5 Å². The minimum absolute atomic E-state index is 0.123. The number of anilines is 2. The molecule has 0 atom stereocenters. The number of rotatable bonds is 2. The van der Waals surface area contributed by atoms with Crippen molar-refractivity contribution >= 4 is 39.9 Å². The van der Waals surface area contributed by atoms with Crippen LogP contribution in [0.4, 0.5) is 11.4 Å². The van der Waals surface area contributed by atoms with E-state index in [9.17, 15) is 4.79 Å². The molecule has 6 rings (SSSR count). The molecule has 0 fully saturated rings. The van der Waals surface area contributed by atoms with Gasteiger partial charge in [0, 0.05) is 41.9 Å². The number of aryl methyl sites for hydroxylation is 1. The number of para-hydroxylation sites is 1. The summed E-state index contributed by atoms with van der Waals surface area (Å²) in [5, 5.41) is 1.34. The van der Waals surface area contributed by atoms with E-state index >= 15 is 0 Å². The molecule has 1 amide bonds. The lowest BCUT2D eigenvalue weighted by molar-refractivity contribution is -0.117. The van der Waals surface area contributed by atoms with Crippen LogP contribution in [0.3, 0.4) is 0 Å². The van der Waals surface area contributed by atoms with E-state index in [1.807, 2.05) is 17.9 Å². The van der Waals surface area contributed by atoms with Crippen molar-refractivity contribution in [3.63, 3.8) is 0 Å². The summed E-state index contributed by atoms with van der Waals surface area (Å²) in [6, 6.07) is 21.4. The minimum atomic E-state index is 0.123. The van der Waals surface area contributed by atoms with Crippen molar-refractivity contribution in [2.75, 3.05) is 18.5 Å². The molecular weight excluding hydrogens is 426 g/mol. The third kappa shape index (κ3) is 3.14. The van der Waals surface area contributed by atoms with Gasteiger partial charge in [-0.25, -0.2) is 0 Å².